The molecule has 1 aliphatic rings. The third-order valence-corrected chi connectivity index (χ3v) is 12.3. The number of furan rings is 1. The average molecular weight is 757 g/mol. The normalized spacial score (nSPS) is 13.1. The van der Waals surface area contributed by atoms with Gasteiger partial charge < -0.3 is 4.42 Å². The van der Waals surface area contributed by atoms with E-state index >= 15 is 0 Å². The van der Waals surface area contributed by atoms with Gasteiger partial charge in [-0.1, -0.05) is 172 Å². The molecule has 0 N–H and O–H groups in total. The maximum Gasteiger partial charge on any atom is 0.238 e. The van der Waals surface area contributed by atoms with Crippen molar-refractivity contribution in [2.75, 3.05) is 0 Å². The molecule has 1 aliphatic carbocycles. The van der Waals surface area contributed by atoms with Gasteiger partial charge in [0.05, 0.1) is 16.4 Å². The summed E-state index contributed by atoms with van der Waals surface area (Å²) in [6.07, 6.45) is 0. The Morgan fingerprint density at radius 3 is 1.80 bits per heavy atom. The molecule has 59 heavy (non-hydrogen) atoms. The lowest BCUT2D eigenvalue weighted by molar-refractivity contribution is 0.660. The lowest BCUT2D eigenvalue weighted by Gasteiger charge is -2.22. The van der Waals surface area contributed by atoms with E-state index in [4.69, 9.17) is 19.4 Å². The van der Waals surface area contributed by atoms with E-state index in [0.29, 0.717) is 17.6 Å². The summed E-state index contributed by atoms with van der Waals surface area (Å²) in [5.41, 5.74) is 15.1. The van der Waals surface area contributed by atoms with Gasteiger partial charge in [-0.2, -0.15) is 9.97 Å². The first-order valence-electron chi connectivity index (χ1n) is 20.1. The van der Waals surface area contributed by atoms with Gasteiger partial charge in [0, 0.05) is 38.3 Å². The predicted octanol–water partition coefficient (Wildman–Crippen LogP) is 13.8. The van der Waals surface area contributed by atoms with Gasteiger partial charge in [0.2, 0.25) is 5.95 Å². The van der Waals surface area contributed by atoms with Crippen LogP contribution in [0.15, 0.2) is 186 Å². The van der Waals surface area contributed by atoms with Crippen molar-refractivity contribution in [2.24, 2.45) is 0 Å². The summed E-state index contributed by atoms with van der Waals surface area (Å²) in [6.45, 7) is 4.68. The Hall–Kier alpha value is -7.63. The average Bonchev–Trinajstić information content (AvgIpc) is 3.92. The summed E-state index contributed by atoms with van der Waals surface area (Å²) in [6, 6.07) is 64.1. The molecule has 3 aromatic heterocycles. The number of benzene rings is 8. The van der Waals surface area contributed by atoms with Crippen molar-refractivity contribution in [3.05, 3.63) is 193 Å². The topological polar surface area (TPSA) is 56.7 Å². The highest BCUT2D eigenvalue weighted by molar-refractivity contribution is 6.27. The molecule has 3 heterocycles. The van der Waals surface area contributed by atoms with Crippen molar-refractivity contribution in [1.29, 1.82) is 0 Å². The number of fused-ring (bicyclic) bond motifs is 10. The fourth-order valence-corrected chi connectivity index (χ4v) is 9.38. The predicted molar refractivity (Wildman–Crippen MR) is 241 cm³/mol. The minimum Gasteiger partial charge on any atom is -0.455 e. The van der Waals surface area contributed by atoms with Crippen LogP contribution in [0.25, 0.3) is 106 Å². The SMILES string of the molecule is CC1(C)c2ccccc2-c2ccc(-c3cc4c5ccccc5oc4c4c5ccccc5n(-c5nc(-c6ccccc6)nc(-c6ccc(-c7ccccc7)cc6)n5)c34)cc21. The molecule has 8 aromatic carbocycles. The highest BCUT2D eigenvalue weighted by atomic mass is 16.3. The van der Waals surface area contributed by atoms with E-state index < -0.39 is 0 Å². The molecule has 5 heteroatoms. The van der Waals surface area contributed by atoms with E-state index in [1.807, 2.05) is 30.3 Å². The number of para-hydroxylation sites is 2. The van der Waals surface area contributed by atoms with Crippen molar-refractivity contribution in [3.8, 4) is 62.1 Å². The van der Waals surface area contributed by atoms with E-state index in [-0.39, 0.29) is 5.41 Å². The zero-order valence-corrected chi connectivity index (χ0v) is 32.5. The summed E-state index contributed by atoms with van der Waals surface area (Å²) in [5.74, 6) is 1.74. The van der Waals surface area contributed by atoms with Crippen LogP contribution in [0.3, 0.4) is 0 Å². The molecular weight excluding hydrogens is 721 g/mol. The number of hydrogen-bond donors (Lipinski definition) is 0. The second kappa shape index (κ2) is 12.7. The van der Waals surface area contributed by atoms with Gasteiger partial charge in [-0.05, 0) is 63.2 Å². The summed E-state index contributed by atoms with van der Waals surface area (Å²) < 4.78 is 9.06. The standard InChI is InChI=1S/C54H36N4O/c1-54(2)44-22-12-9-19-38(44)39-30-29-37(31-45(39)54)42-32-43-40-20-11-14-24-47(40)59-50(43)48-41-21-10-13-23-46(41)58(49(42)48)53-56-51(35-17-7-4-8-18-35)55-52(57-53)36-27-25-34(26-28-36)33-15-5-3-6-16-33/h3-32H,1-2H3. The smallest absolute Gasteiger partial charge is 0.238 e. The Bertz CT molecular complexity index is 3450. The van der Waals surface area contributed by atoms with Crippen LogP contribution in [0.2, 0.25) is 0 Å². The quantitative estimate of drug-likeness (QED) is 0.175. The number of nitrogens with zero attached hydrogens (tertiary/aromatic N) is 4. The molecule has 0 spiro atoms. The molecule has 0 saturated heterocycles. The van der Waals surface area contributed by atoms with E-state index in [1.54, 1.807) is 0 Å². The van der Waals surface area contributed by atoms with Gasteiger partial charge in [0.15, 0.2) is 11.6 Å². The first kappa shape index (κ1) is 33.5. The molecule has 278 valence electrons. The monoisotopic (exact) mass is 756 g/mol. The van der Waals surface area contributed by atoms with Gasteiger partial charge in [-0.25, -0.2) is 4.98 Å². The van der Waals surface area contributed by atoms with E-state index in [0.717, 1.165) is 77.1 Å². The van der Waals surface area contributed by atoms with Crippen molar-refractivity contribution in [3.63, 3.8) is 0 Å². The van der Waals surface area contributed by atoms with Crippen molar-refractivity contribution in [1.82, 2.24) is 19.5 Å². The Balaban J connectivity index is 1.17. The molecule has 0 fully saturated rings. The third-order valence-electron chi connectivity index (χ3n) is 12.3. The molecule has 0 saturated carbocycles. The van der Waals surface area contributed by atoms with Crippen LogP contribution < -0.4 is 0 Å². The number of aromatic nitrogens is 4. The van der Waals surface area contributed by atoms with Crippen molar-refractivity contribution in [2.45, 2.75) is 19.3 Å². The fourth-order valence-electron chi connectivity index (χ4n) is 9.38. The van der Waals surface area contributed by atoms with E-state index in [1.165, 1.54) is 22.3 Å². The molecule has 5 nitrogen and oxygen atoms in total. The zero-order chi connectivity index (χ0) is 39.2. The molecule has 0 radical (unpaired) electrons. The second-order valence-electron chi connectivity index (χ2n) is 16.0. The van der Waals surface area contributed by atoms with Gasteiger partial charge in [0.1, 0.15) is 11.2 Å². The maximum atomic E-state index is 6.83. The summed E-state index contributed by atoms with van der Waals surface area (Å²) in [7, 11) is 0. The first-order chi connectivity index (χ1) is 29.0. The van der Waals surface area contributed by atoms with Crippen LogP contribution in [-0.4, -0.2) is 19.5 Å². The second-order valence-corrected chi connectivity index (χ2v) is 16.0. The lowest BCUT2D eigenvalue weighted by Crippen LogP contribution is -2.14. The van der Waals surface area contributed by atoms with Gasteiger partial charge >= 0.3 is 0 Å². The third kappa shape index (κ3) is 5.08. The van der Waals surface area contributed by atoms with E-state index in [9.17, 15) is 0 Å². The molecule has 0 amide bonds. The van der Waals surface area contributed by atoms with Crippen LogP contribution >= 0.6 is 0 Å². The highest BCUT2D eigenvalue weighted by Gasteiger charge is 2.36. The fraction of sp³-hybridized carbons (Fsp3) is 0.0556. The maximum absolute atomic E-state index is 6.83. The molecule has 0 bridgehead atoms. The minimum absolute atomic E-state index is 0.163. The summed E-state index contributed by atoms with van der Waals surface area (Å²) in [5, 5.41) is 4.26. The molecule has 12 rings (SSSR count). The lowest BCUT2D eigenvalue weighted by atomic mass is 9.81. The van der Waals surface area contributed by atoms with Gasteiger partial charge in [0.25, 0.3) is 0 Å². The highest BCUT2D eigenvalue weighted by Crippen LogP contribution is 2.51. The van der Waals surface area contributed by atoms with Crippen molar-refractivity contribution >= 4 is 43.7 Å². The molecule has 0 aliphatic heterocycles. The Morgan fingerprint density at radius 2 is 1.02 bits per heavy atom. The number of rotatable bonds is 5. The van der Waals surface area contributed by atoms with Crippen molar-refractivity contribution < 1.29 is 4.42 Å². The Kier molecular flexibility index (Phi) is 7.20. The molecular formula is C54H36N4O. The van der Waals surface area contributed by atoms with E-state index in [2.05, 4.69) is 170 Å². The molecule has 0 unspecified atom stereocenters. The zero-order valence-electron chi connectivity index (χ0n) is 32.5. The minimum atomic E-state index is -0.163. The van der Waals surface area contributed by atoms with Crippen LogP contribution in [0.5, 0.6) is 0 Å². The molecule has 0 atom stereocenters. The Labute approximate surface area is 340 Å². The van der Waals surface area contributed by atoms with Crippen LogP contribution in [0.4, 0.5) is 0 Å². The summed E-state index contributed by atoms with van der Waals surface area (Å²) in [4.78, 5) is 15.8. The largest absolute Gasteiger partial charge is 0.455 e. The summed E-state index contributed by atoms with van der Waals surface area (Å²) >= 11 is 0. The van der Waals surface area contributed by atoms with Gasteiger partial charge in [-0.3, -0.25) is 4.57 Å². The Morgan fingerprint density at radius 1 is 0.441 bits per heavy atom. The van der Waals surface area contributed by atoms with Crippen LogP contribution in [-0.2, 0) is 5.41 Å². The molecule has 11 aromatic rings. The van der Waals surface area contributed by atoms with Crippen LogP contribution in [0.1, 0.15) is 25.0 Å². The van der Waals surface area contributed by atoms with Crippen LogP contribution in [0, 0.1) is 0 Å². The number of hydrogen-bond acceptors (Lipinski definition) is 4. The van der Waals surface area contributed by atoms with Gasteiger partial charge in [-0.15, -0.1) is 0 Å². The first-order valence-corrected chi connectivity index (χ1v) is 20.1.